The number of ether oxygens (including phenoxy) is 3. The van der Waals surface area contributed by atoms with Gasteiger partial charge in [-0.25, -0.2) is 0 Å². The van der Waals surface area contributed by atoms with Gasteiger partial charge in [-0.15, -0.1) is 0 Å². The van der Waals surface area contributed by atoms with Crippen molar-refractivity contribution in [1.29, 1.82) is 0 Å². The van der Waals surface area contributed by atoms with Crippen LogP contribution in [0.2, 0.25) is 0 Å². The molecule has 2 atom stereocenters. The summed E-state index contributed by atoms with van der Waals surface area (Å²) in [4.78, 5) is 4.36. The lowest BCUT2D eigenvalue weighted by atomic mass is 10.1. The van der Waals surface area contributed by atoms with E-state index in [-0.39, 0.29) is 6.10 Å². The van der Waals surface area contributed by atoms with E-state index in [4.69, 9.17) is 14.2 Å². The molecule has 6 heteroatoms. The Balaban J connectivity index is 2.02. The monoisotopic (exact) mass is 324 g/mol. The predicted octanol–water partition coefficient (Wildman–Crippen LogP) is 1.000. The van der Waals surface area contributed by atoms with E-state index in [1.807, 2.05) is 32.3 Å². The van der Waals surface area contributed by atoms with Crippen LogP contribution in [-0.2, 0) is 4.74 Å². The predicted molar refractivity (Wildman–Crippen MR) is 89.2 cm³/mol. The van der Waals surface area contributed by atoms with Crippen molar-refractivity contribution in [2.24, 2.45) is 0 Å². The van der Waals surface area contributed by atoms with Gasteiger partial charge in [-0.05, 0) is 32.3 Å². The molecule has 130 valence electrons. The first-order valence-electron chi connectivity index (χ1n) is 7.92. The van der Waals surface area contributed by atoms with Crippen molar-refractivity contribution < 1.29 is 19.3 Å². The van der Waals surface area contributed by atoms with Gasteiger partial charge in [0.2, 0.25) is 0 Å². The molecule has 1 heterocycles. The van der Waals surface area contributed by atoms with Gasteiger partial charge in [0.1, 0.15) is 11.5 Å². The number of morpholine rings is 1. The molecule has 0 aliphatic carbocycles. The molecule has 23 heavy (non-hydrogen) atoms. The van der Waals surface area contributed by atoms with Gasteiger partial charge in [0, 0.05) is 31.7 Å². The van der Waals surface area contributed by atoms with E-state index in [0.717, 1.165) is 25.2 Å². The van der Waals surface area contributed by atoms with Crippen LogP contribution >= 0.6 is 0 Å². The zero-order chi connectivity index (χ0) is 16.8. The fourth-order valence-corrected chi connectivity index (χ4v) is 2.91. The summed E-state index contributed by atoms with van der Waals surface area (Å²) in [5.41, 5.74) is 0.752. The molecule has 0 radical (unpaired) electrons. The summed E-state index contributed by atoms with van der Waals surface area (Å²) in [6, 6.07) is 5.49. The maximum absolute atomic E-state index is 10.6. The Bertz CT molecular complexity index is 495. The second-order valence-electron chi connectivity index (χ2n) is 6.14. The number of nitrogens with zero attached hydrogens (tertiary/aromatic N) is 2. The zero-order valence-electron chi connectivity index (χ0n) is 14.5. The lowest BCUT2D eigenvalue weighted by Gasteiger charge is -2.35. The third-order valence-electron chi connectivity index (χ3n) is 4.02. The van der Waals surface area contributed by atoms with Crippen molar-refractivity contribution in [2.45, 2.75) is 12.2 Å². The first-order valence-corrected chi connectivity index (χ1v) is 7.92. The zero-order valence-corrected chi connectivity index (χ0v) is 14.5. The second kappa shape index (κ2) is 8.49. The fourth-order valence-electron chi connectivity index (χ4n) is 2.91. The highest BCUT2D eigenvalue weighted by Crippen LogP contribution is 2.30. The number of β-amino-alcohol motifs (C(OH)–C–C–N with tert-alkyl or cyclic N) is 1. The molecular weight excluding hydrogens is 296 g/mol. The van der Waals surface area contributed by atoms with E-state index in [9.17, 15) is 5.11 Å². The summed E-state index contributed by atoms with van der Waals surface area (Å²) in [7, 11) is 7.31. The lowest BCUT2D eigenvalue weighted by molar-refractivity contribution is -0.0490. The van der Waals surface area contributed by atoms with Crippen LogP contribution in [0.5, 0.6) is 11.5 Å². The molecule has 0 unspecified atom stereocenters. The van der Waals surface area contributed by atoms with Crippen LogP contribution in [0, 0.1) is 0 Å². The summed E-state index contributed by atoms with van der Waals surface area (Å²) in [6.45, 7) is 3.78. The fraction of sp³-hybridized carbons (Fsp3) is 0.647. The minimum Gasteiger partial charge on any atom is -0.497 e. The summed E-state index contributed by atoms with van der Waals surface area (Å²) < 4.78 is 16.4. The molecular formula is C17H28N2O4. The number of hydrogen-bond donors (Lipinski definition) is 1. The molecule has 0 aromatic heterocycles. The third-order valence-corrected chi connectivity index (χ3v) is 4.02. The van der Waals surface area contributed by atoms with Crippen molar-refractivity contribution in [3.8, 4) is 11.5 Å². The minimum absolute atomic E-state index is 0.179. The Morgan fingerprint density at radius 3 is 2.78 bits per heavy atom. The lowest BCUT2D eigenvalue weighted by Crippen LogP contribution is -2.47. The Hall–Kier alpha value is -1.34. The second-order valence-corrected chi connectivity index (χ2v) is 6.14. The van der Waals surface area contributed by atoms with Gasteiger partial charge in [0.25, 0.3) is 0 Å². The molecule has 0 amide bonds. The summed E-state index contributed by atoms with van der Waals surface area (Å²) >= 11 is 0. The average Bonchev–Trinajstić information content (AvgIpc) is 2.53. The van der Waals surface area contributed by atoms with Gasteiger partial charge in [0.15, 0.2) is 0 Å². The number of likely N-dealkylation sites (N-methyl/N-ethyl adjacent to an activating group) is 1. The maximum atomic E-state index is 10.6. The van der Waals surface area contributed by atoms with Crippen LogP contribution in [0.25, 0.3) is 0 Å². The Labute approximate surface area is 138 Å². The topological polar surface area (TPSA) is 54.4 Å². The van der Waals surface area contributed by atoms with Crippen LogP contribution in [0.4, 0.5) is 0 Å². The van der Waals surface area contributed by atoms with Crippen LogP contribution in [0.1, 0.15) is 11.7 Å². The number of methoxy groups -OCH3 is 2. The van der Waals surface area contributed by atoms with E-state index >= 15 is 0 Å². The van der Waals surface area contributed by atoms with Crippen LogP contribution in [-0.4, -0.2) is 82.1 Å². The molecule has 1 fully saturated rings. The minimum atomic E-state index is -0.627. The van der Waals surface area contributed by atoms with Gasteiger partial charge in [0.05, 0.1) is 33.0 Å². The molecule has 0 saturated carbocycles. The number of hydrogen-bond acceptors (Lipinski definition) is 6. The standard InChI is InChI=1S/C17H28N2O4/c1-18(2)10-14-11-19(7-8-23-14)12-16(20)15-9-13(21-3)5-6-17(15)22-4/h5-6,9,14,16,20H,7-8,10-12H2,1-4H3/t14-,16+/m1/s1. The number of rotatable bonds is 7. The van der Waals surface area contributed by atoms with Gasteiger partial charge >= 0.3 is 0 Å². The van der Waals surface area contributed by atoms with Gasteiger partial charge in [-0.3, -0.25) is 4.90 Å². The maximum Gasteiger partial charge on any atom is 0.124 e. The summed E-state index contributed by atoms with van der Waals surface area (Å²) in [6.07, 6.45) is -0.448. The molecule has 1 N–H and O–H groups in total. The molecule has 6 nitrogen and oxygen atoms in total. The van der Waals surface area contributed by atoms with E-state index in [1.165, 1.54) is 0 Å². The Kier molecular flexibility index (Phi) is 6.65. The van der Waals surface area contributed by atoms with Crippen LogP contribution < -0.4 is 9.47 Å². The van der Waals surface area contributed by atoms with E-state index in [2.05, 4.69) is 9.80 Å². The molecule has 1 aliphatic heterocycles. The molecule has 1 aliphatic rings. The largest absolute Gasteiger partial charge is 0.497 e. The number of aliphatic hydroxyl groups is 1. The van der Waals surface area contributed by atoms with Gasteiger partial charge in [-0.2, -0.15) is 0 Å². The van der Waals surface area contributed by atoms with E-state index in [0.29, 0.717) is 24.7 Å². The normalized spacial score (nSPS) is 20.5. The third kappa shape index (κ3) is 5.07. The van der Waals surface area contributed by atoms with Crippen LogP contribution in [0.3, 0.4) is 0 Å². The number of benzene rings is 1. The number of aliphatic hydroxyl groups excluding tert-OH is 1. The quantitative estimate of drug-likeness (QED) is 0.808. The molecule has 2 rings (SSSR count). The van der Waals surface area contributed by atoms with Crippen molar-refractivity contribution in [3.05, 3.63) is 23.8 Å². The smallest absolute Gasteiger partial charge is 0.124 e. The van der Waals surface area contributed by atoms with Crippen molar-refractivity contribution >= 4 is 0 Å². The van der Waals surface area contributed by atoms with E-state index in [1.54, 1.807) is 14.2 Å². The SMILES string of the molecule is COc1ccc(OC)c([C@@H](O)CN2CCO[C@H](CN(C)C)C2)c1. The first-order chi connectivity index (χ1) is 11.0. The highest BCUT2D eigenvalue weighted by molar-refractivity contribution is 5.41. The first kappa shape index (κ1) is 18.0. The van der Waals surface area contributed by atoms with Crippen LogP contribution in [0.15, 0.2) is 18.2 Å². The van der Waals surface area contributed by atoms with Gasteiger partial charge in [-0.1, -0.05) is 0 Å². The average molecular weight is 324 g/mol. The molecule has 1 aromatic carbocycles. The highest BCUT2D eigenvalue weighted by atomic mass is 16.5. The van der Waals surface area contributed by atoms with Crippen molar-refractivity contribution in [1.82, 2.24) is 9.80 Å². The Morgan fingerprint density at radius 2 is 2.13 bits per heavy atom. The van der Waals surface area contributed by atoms with Crippen molar-refractivity contribution in [3.63, 3.8) is 0 Å². The molecule has 1 saturated heterocycles. The Morgan fingerprint density at radius 1 is 1.35 bits per heavy atom. The summed E-state index contributed by atoms with van der Waals surface area (Å²) in [5, 5.41) is 10.6. The molecule has 1 aromatic rings. The van der Waals surface area contributed by atoms with Gasteiger partial charge < -0.3 is 24.2 Å². The van der Waals surface area contributed by atoms with Crippen molar-refractivity contribution in [2.75, 3.05) is 61.1 Å². The molecule has 0 spiro atoms. The molecule has 0 bridgehead atoms. The summed E-state index contributed by atoms with van der Waals surface area (Å²) in [5.74, 6) is 1.39. The highest BCUT2D eigenvalue weighted by Gasteiger charge is 2.24. The van der Waals surface area contributed by atoms with E-state index < -0.39 is 6.10 Å².